The van der Waals surface area contributed by atoms with Crippen molar-refractivity contribution in [1.29, 1.82) is 0 Å². The minimum Gasteiger partial charge on any atom is -0.478 e. The Morgan fingerprint density at radius 1 is 1.30 bits per heavy atom. The molecule has 1 aromatic heterocycles. The molecular formula is C13H10ClN3O3. The maximum absolute atomic E-state index is 12.0. The van der Waals surface area contributed by atoms with Gasteiger partial charge in [0.05, 0.1) is 16.9 Å². The number of benzene rings is 1. The molecule has 20 heavy (non-hydrogen) atoms. The first kappa shape index (κ1) is 13.8. The largest absolute Gasteiger partial charge is 0.478 e. The quantitative estimate of drug-likeness (QED) is 0.804. The third-order valence-corrected chi connectivity index (χ3v) is 2.75. The van der Waals surface area contributed by atoms with Gasteiger partial charge < -0.3 is 16.2 Å². The van der Waals surface area contributed by atoms with Gasteiger partial charge in [0.2, 0.25) is 0 Å². The molecule has 1 aromatic carbocycles. The molecule has 1 heterocycles. The van der Waals surface area contributed by atoms with E-state index in [1.807, 2.05) is 0 Å². The van der Waals surface area contributed by atoms with E-state index >= 15 is 0 Å². The number of carboxylic acids is 1. The summed E-state index contributed by atoms with van der Waals surface area (Å²) < 4.78 is 0. The van der Waals surface area contributed by atoms with Crippen LogP contribution in [0.25, 0.3) is 0 Å². The third kappa shape index (κ3) is 2.86. The molecule has 0 bridgehead atoms. The first-order valence-electron chi connectivity index (χ1n) is 5.53. The predicted octanol–water partition coefficient (Wildman–Crippen LogP) is 2.27. The van der Waals surface area contributed by atoms with Crippen LogP contribution in [0.4, 0.5) is 11.4 Å². The lowest BCUT2D eigenvalue weighted by molar-refractivity contribution is 0.0698. The number of hydrogen-bond donors (Lipinski definition) is 3. The van der Waals surface area contributed by atoms with Crippen LogP contribution in [0.1, 0.15) is 20.8 Å². The number of nitrogens with zero attached hydrogens (tertiary/aromatic N) is 1. The Hall–Kier alpha value is -2.60. The summed E-state index contributed by atoms with van der Waals surface area (Å²) >= 11 is 5.80. The number of nitrogen functional groups attached to an aromatic ring is 1. The fourth-order valence-corrected chi connectivity index (χ4v) is 1.77. The van der Waals surface area contributed by atoms with E-state index in [2.05, 4.69) is 10.3 Å². The number of rotatable bonds is 3. The smallest absolute Gasteiger partial charge is 0.337 e. The molecule has 0 atom stereocenters. The highest BCUT2D eigenvalue weighted by Crippen LogP contribution is 2.22. The molecule has 0 aliphatic carbocycles. The Kier molecular flexibility index (Phi) is 3.86. The van der Waals surface area contributed by atoms with Gasteiger partial charge in [0.1, 0.15) is 0 Å². The van der Waals surface area contributed by atoms with Crippen molar-refractivity contribution < 1.29 is 14.7 Å². The van der Waals surface area contributed by atoms with Crippen molar-refractivity contribution in [3.05, 3.63) is 52.8 Å². The van der Waals surface area contributed by atoms with Crippen LogP contribution in [-0.2, 0) is 0 Å². The number of nitrogens with two attached hydrogens (primary N) is 1. The number of aromatic nitrogens is 1. The fraction of sp³-hybridized carbons (Fsp3) is 0. The number of amides is 1. The number of halogens is 1. The van der Waals surface area contributed by atoms with Gasteiger partial charge in [-0.15, -0.1) is 0 Å². The van der Waals surface area contributed by atoms with Gasteiger partial charge in [-0.25, -0.2) is 9.78 Å². The Bertz CT molecular complexity index is 688. The minimum atomic E-state index is -1.18. The maximum Gasteiger partial charge on any atom is 0.337 e. The zero-order valence-corrected chi connectivity index (χ0v) is 10.9. The molecule has 2 rings (SSSR count). The lowest BCUT2D eigenvalue weighted by Gasteiger charge is -2.09. The van der Waals surface area contributed by atoms with E-state index in [0.29, 0.717) is 5.02 Å². The maximum atomic E-state index is 12.0. The molecule has 0 spiro atoms. The molecule has 102 valence electrons. The number of hydrogen-bond acceptors (Lipinski definition) is 4. The second-order valence-electron chi connectivity index (χ2n) is 3.89. The van der Waals surface area contributed by atoms with Gasteiger partial charge in [-0.1, -0.05) is 11.6 Å². The van der Waals surface area contributed by atoms with E-state index in [4.69, 9.17) is 22.4 Å². The van der Waals surface area contributed by atoms with Crippen LogP contribution in [0.5, 0.6) is 0 Å². The summed E-state index contributed by atoms with van der Waals surface area (Å²) in [4.78, 5) is 27.0. The lowest BCUT2D eigenvalue weighted by Crippen LogP contribution is -2.17. The van der Waals surface area contributed by atoms with Gasteiger partial charge in [0.15, 0.2) is 5.69 Å². The zero-order valence-electron chi connectivity index (χ0n) is 10.1. The van der Waals surface area contributed by atoms with Gasteiger partial charge in [0, 0.05) is 11.2 Å². The van der Waals surface area contributed by atoms with E-state index in [9.17, 15) is 9.59 Å². The highest BCUT2D eigenvalue weighted by atomic mass is 35.5. The lowest BCUT2D eigenvalue weighted by atomic mass is 10.1. The Labute approximate surface area is 119 Å². The highest BCUT2D eigenvalue weighted by Gasteiger charge is 2.16. The molecule has 2 aromatic rings. The predicted molar refractivity (Wildman–Crippen MR) is 75.0 cm³/mol. The zero-order chi connectivity index (χ0) is 14.7. The molecule has 0 aliphatic rings. The molecule has 6 nitrogen and oxygen atoms in total. The summed E-state index contributed by atoms with van der Waals surface area (Å²) in [5, 5.41) is 11.8. The first-order valence-corrected chi connectivity index (χ1v) is 5.91. The molecule has 0 aliphatic heterocycles. The molecule has 0 unspecified atom stereocenters. The number of carbonyl (C=O) groups excluding carboxylic acids is 1. The summed E-state index contributed by atoms with van der Waals surface area (Å²) in [6, 6.07) is 7.20. The molecule has 0 saturated heterocycles. The number of anilines is 2. The normalized spacial score (nSPS) is 10.1. The van der Waals surface area contributed by atoms with Crippen LogP contribution in [0.3, 0.4) is 0 Å². The van der Waals surface area contributed by atoms with Crippen LogP contribution in [0, 0.1) is 0 Å². The summed E-state index contributed by atoms with van der Waals surface area (Å²) in [5.74, 6) is -1.78. The van der Waals surface area contributed by atoms with Crippen molar-refractivity contribution in [3.63, 3.8) is 0 Å². The van der Waals surface area contributed by atoms with Crippen molar-refractivity contribution in [3.8, 4) is 0 Å². The van der Waals surface area contributed by atoms with Crippen molar-refractivity contribution in [2.24, 2.45) is 0 Å². The molecule has 4 N–H and O–H groups in total. The van der Waals surface area contributed by atoms with Gasteiger partial charge in [-0.2, -0.15) is 0 Å². The summed E-state index contributed by atoms with van der Waals surface area (Å²) in [6.07, 6.45) is 1.42. The van der Waals surface area contributed by atoms with Gasteiger partial charge in [0.25, 0.3) is 5.91 Å². The van der Waals surface area contributed by atoms with Crippen LogP contribution in [0.2, 0.25) is 5.02 Å². The average molecular weight is 292 g/mol. The van der Waals surface area contributed by atoms with E-state index in [1.54, 1.807) is 6.07 Å². The summed E-state index contributed by atoms with van der Waals surface area (Å²) in [6.45, 7) is 0. The standard InChI is InChI=1S/C13H10ClN3O3/c14-7-3-4-8(13(19)20)10(6-7)17-12(18)11-9(15)2-1-5-16-11/h1-6H,15H2,(H,17,18)(H,19,20). The van der Waals surface area contributed by atoms with E-state index < -0.39 is 11.9 Å². The molecule has 0 saturated carbocycles. The third-order valence-electron chi connectivity index (χ3n) is 2.51. The average Bonchev–Trinajstić information content (AvgIpc) is 2.38. The van der Waals surface area contributed by atoms with Crippen molar-refractivity contribution in [1.82, 2.24) is 4.98 Å². The SMILES string of the molecule is Nc1cccnc1C(=O)Nc1cc(Cl)ccc1C(=O)O. The van der Waals surface area contributed by atoms with E-state index in [-0.39, 0.29) is 22.6 Å². The second kappa shape index (κ2) is 5.58. The number of carbonyl (C=O) groups is 2. The van der Waals surface area contributed by atoms with Crippen molar-refractivity contribution in [2.75, 3.05) is 11.1 Å². The molecule has 0 radical (unpaired) electrons. The Morgan fingerprint density at radius 2 is 2.05 bits per heavy atom. The number of carboxylic acid groups (broad SMARTS) is 1. The Balaban J connectivity index is 2.35. The molecular weight excluding hydrogens is 282 g/mol. The van der Waals surface area contributed by atoms with E-state index in [1.165, 1.54) is 30.5 Å². The van der Waals surface area contributed by atoms with Gasteiger partial charge in [-0.3, -0.25) is 4.79 Å². The number of pyridine rings is 1. The van der Waals surface area contributed by atoms with E-state index in [0.717, 1.165) is 0 Å². The monoisotopic (exact) mass is 291 g/mol. The van der Waals surface area contributed by atoms with Crippen LogP contribution in [-0.4, -0.2) is 22.0 Å². The van der Waals surface area contributed by atoms with Crippen LogP contribution < -0.4 is 11.1 Å². The minimum absolute atomic E-state index is 0.0174. The van der Waals surface area contributed by atoms with Crippen molar-refractivity contribution >= 4 is 34.9 Å². The number of nitrogens with one attached hydrogen (secondary N) is 1. The second-order valence-corrected chi connectivity index (χ2v) is 4.33. The molecule has 7 heteroatoms. The fourth-order valence-electron chi connectivity index (χ4n) is 1.60. The Morgan fingerprint density at radius 3 is 2.70 bits per heavy atom. The van der Waals surface area contributed by atoms with Gasteiger partial charge >= 0.3 is 5.97 Å². The summed E-state index contributed by atoms with van der Waals surface area (Å²) in [5.41, 5.74) is 5.86. The summed E-state index contributed by atoms with van der Waals surface area (Å²) in [7, 11) is 0. The molecule has 1 amide bonds. The topological polar surface area (TPSA) is 105 Å². The first-order chi connectivity index (χ1) is 9.49. The van der Waals surface area contributed by atoms with Crippen LogP contribution in [0.15, 0.2) is 36.5 Å². The highest BCUT2D eigenvalue weighted by molar-refractivity contribution is 6.31. The van der Waals surface area contributed by atoms with Crippen molar-refractivity contribution in [2.45, 2.75) is 0 Å². The number of aromatic carboxylic acids is 1. The van der Waals surface area contributed by atoms with Crippen LogP contribution >= 0.6 is 11.6 Å². The van der Waals surface area contributed by atoms with Gasteiger partial charge in [-0.05, 0) is 30.3 Å². The molecule has 0 fully saturated rings.